The van der Waals surface area contributed by atoms with Gasteiger partial charge in [0.05, 0.1) is 15.8 Å². The Labute approximate surface area is 99.8 Å². The van der Waals surface area contributed by atoms with Gasteiger partial charge in [0.1, 0.15) is 10.1 Å². The Balaban J connectivity index is 2.68. The Kier molecular flexibility index (Phi) is 3.00. The highest BCUT2D eigenvalue weighted by atomic mass is 79.9. The Bertz CT molecular complexity index is 466. The molecule has 0 saturated heterocycles. The number of ether oxygens (including phenoxy) is 1. The first kappa shape index (κ1) is 10.3. The van der Waals surface area contributed by atoms with Crippen molar-refractivity contribution >= 4 is 49.0 Å². The molecule has 74 valence electrons. The van der Waals surface area contributed by atoms with Gasteiger partial charge in [-0.25, -0.2) is 0 Å². The molecule has 14 heavy (non-hydrogen) atoms. The first-order chi connectivity index (χ1) is 6.74. The summed E-state index contributed by atoms with van der Waals surface area (Å²) >= 11 is 11.0. The van der Waals surface area contributed by atoms with Crippen LogP contribution in [0, 0.1) is 0 Å². The Morgan fingerprint density at radius 3 is 3.00 bits per heavy atom. The minimum atomic E-state index is 0.673. The van der Waals surface area contributed by atoms with E-state index < -0.39 is 0 Å². The van der Waals surface area contributed by atoms with Gasteiger partial charge in [-0.15, -0.1) is 11.3 Å². The van der Waals surface area contributed by atoms with Crippen LogP contribution in [0.5, 0.6) is 5.75 Å². The fourth-order valence-electron chi connectivity index (χ4n) is 1.30. The Morgan fingerprint density at radius 2 is 2.29 bits per heavy atom. The highest BCUT2D eigenvalue weighted by Crippen LogP contribution is 2.43. The lowest BCUT2D eigenvalue weighted by Crippen LogP contribution is -1.90. The van der Waals surface area contributed by atoms with E-state index in [-0.39, 0.29) is 0 Å². The predicted molar refractivity (Wildman–Crippen MR) is 65.7 cm³/mol. The molecule has 1 nitrogen and oxygen atoms in total. The van der Waals surface area contributed by atoms with Crippen molar-refractivity contribution in [3.8, 4) is 5.75 Å². The molecular formula is C10H8BrClOS. The van der Waals surface area contributed by atoms with Gasteiger partial charge in [-0.2, -0.15) is 0 Å². The fourth-order valence-corrected chi connectivity index (χ4v) is 3.23. The molecule has 0 aliphatic rings. The van der Waals surface area contributed by atoms with Gasteiger partial charge in [0.15, 0.2) is 0 Å². The maximum absolute atomic E-state index is 6.04. The molecule has 0 atom stereocenters. The maximum Gasteiger partial charge on any atom is 0.137 e. The average molecular weight is 292 g/mol. The lowest BCUT2D eigenvalue weighted by Gasteiger charge is -2.02. The molecule has 4 heteroatoms. The minimum Gasteiger partial charge on any atom is -0.492 e. The van der Waals surface area contributed by atoms with Crippen molar-refractivity contribution in [2.24, 2.45) is 0 Å². The number of halogens is 2. The second-order valence-electron chi connectivity index (χ2n) is 2.76. The molecule has 0 amide bonds. The van der Waals surface area contributed by atoms with Gasteiger partial charge >= 0.3 is 0 Å². The average Bonchev–Trinajstić information content (AvgIpc) is 2.46. The lowest BCUT2D eigenvalue weighted by molar-refractivity contribution is 0.345. The minimum absolute atomic E-state index is 0.673. The molecule has 0 aliphatic carbocycles. The first-order valence-electron chi connectivity index (χ1n) is 4.23. The lowest BCUT2D eigenvalue weighted by atomic mass is 10.2. The van der Waals surface area contributed by atoms with E-state index >= 15 is 0 Å². The quantitative estimate of drug-likeness (QED) is 0.778. The SMILES string of the molecule is CCOc1cccc2c(Br)c(Cl)sc12. The third-order valence-corrected chi connectivity index (χ3v) is 4.62. The molecule has 0 unspecified atom stereocenters. The van der Waals surface area contributed by atoms with E-state index in [9.17, 15) is 0 Å². The van der Waals surface area contributed by atoms with Crippen LogP contribution in [0.2, 0.25) is 4.34 Å². The summed E-state index contributed by atoms with van der Waals surface area (Å²) in [6, 6.07) is 5.97. The molecule has 0 N–H and O–H groups in total. The fraction of sp³-hybridized carbons (Fsp3) is 0.200. The molecule has 2 rings (SSSR count). The van der Waals surface area contributed by atoms with E-state index in [0.29, 0.717) is 6.61 Å². The summed E-state index contributed by atoms with van der Waals surface area (Å²) in [7, 11) is 0. The van der Waals surface area contributed by atoms with Gasteiger partial charge in [0, 0.05) is 5.39 Å². The zero-order valence-electron chi connectivity index (χ0n) is 7.51. The van der Waals surface area contributed by atoms with Crippen molar-refractivity contribution in [1.82, 2.24) is 0 Å². The Hall–Kier alpha value is -0.250. The van der Waals surface area contributed by atoms with Crippen LogP contribution in [0.15, 0.2) is 22.7 Å². The van der Waals surface area contributed by atoms with Crippen LogP contribution in [0.25, 0.3) is 10.1 Å². The van der Waals surface area contributed by atoms with E-state index in [0.717, 1.165) is 24.6 Å². The zero-order chi connectivity index (χ0) is 10.1. The second-order valence-corrected chi connectivity index (χ2v) is 5.17. The smallest absolute Gasteiger partial charge is 0.137 e. The topological polar surface area (TPSA) is 9.23 Å². The third-order valence-electron chi connectivity index (χ3n) is 1.88. The van der Waals surface area contributed by atoms with Gasteiger partial charge < -0.3 is 4.74 Å². The van der Waals surface area contributed by atoms with Gasteiger partial charge in [0.25, 0.3) is 0 Å². The molecular weight excluding hydrogens is 284 g/mol. The van der Waals surface area contributed by atoms with Crippen LogP contribution >= 0.6 is 38.9 Å². The van der Waals surface area contributed by atoms with Crippen molar-refractivity contribution < 1.29 is 4.74 Å². The van der Waals surface area contributed by atoms with Crippen LogP contribution in [-0.2, 0) is 0 Å². The second kappa shape index (κ2) is 4.09. The van der Waals surface area contributed by atoms with Crippen LogP contribution in [0.3, 0.4) is 0 Å². The highest BCUT2D eigenvalue weighted by Gasteiger charge is 2.11. The van der Waals surface area contributed by atoms with Crippen molar-refractivity contribution in [3.63, 3.8) is 0 Å². The molecule has 0 spiro atoms. The predicted octanol–water partition coefficient (Wildman–Crippen LogP) is 4.72. The number of rotatable bonds is 2. The zero-order valence-corrected chi connectivity index (χ0v) is 10.7. The van der Waals surface area contributed by atoms with E-state index in [1.54, 1.807) is 0 Å². The molecule has 1 aromatic heterocycles. The summed E-state index contributed by atoms with van der Waals surface area (Å²) in [5.74, 6) is 0.905. The summed E-state index contributed by atoms with van der Waals surface area (Å²) < 4.78 is 8.35. The van der Waals surface area contributed by atoms with Gasteiger partial charge in [-0.1, -0.05) is 23.7 Å². The number of thiophene rings is 1. The van der Waals surface area contributed by atoms with Crippen molar-refractivity contribution in [2.75, 3.05) is 6.61 Å². The Morgan fingerprint density at radius 1 is 1.50 bits per heavy atom. The van der Waals surface area contributed by atoms with Crippen LogP contribution in [0.4, 0.5) is 0 Å². The third kappa shape index (κ3) is 1.64. The molecule has 0 saturated carbocycles. The molecule has 1 aromatic carbocycles. The van der Waals surface area contributed by atoms with E-state index in [1.807, 2.05) is 25.1 Å². The summed E-state index contributed by atoms with van der Waals surface area (Å²) in [6.45, 7) is 2.65. The maximum atomic E-state index is 6.04. The summed E-state index contributed by atoms with van der Waals surface area (Å²) in [6.07, 6.45) is 0. The van der Waals surface area contributed by atoms with Crippen molar-refractivity contribution in [1.29, 1.82) is 0 Å². The van der Waals surface area contributed by atoms with Crippen molar-refractivity contribution in [3.05, 3.63) is 27.0 Å². The molecule has 1 heterocycles. The van der Waals surface area contributed by atoms with Crippen LogP contribution in [-0.4, -0.2) is 6.61 Å². The van der Waals surface area contributed by atoms with E-state index in [2.05, 4.69) is 15.9 Å². The van der Waals surface area contributed by atoms with Crippen LogP contribution < -0.4 is 4.74 Å². The summed E-state index contributed by atoms with van der Waals surface area (Å²) in [5.41, 5.74) is 0. The molecule has 0 radical (unpaired) electrons. The highest BCUT2D eigenvalue weighted by molar-refractivity contribution is 9.10. The van der Waals surface area contributed by atoms with E-state index in [4.69, 9.17) is 16.3 Å². The number of hydrogen-bond donors (Lipinski definition) is 0. The number of benzene rings is 1. The van der Waals surface area contributed by atoms with Crippen molar-refractivity contribution in [2.45, 2.75) is 6.92 Å². The number of fused-ring (bicyclic) bond motifs is 1. The molecule has 2 aromatic rings. The monoisotopic (exact) mass is 290 g/mol. The largest absolute Gasteiger partial charge is 0.492 e. The van der Waals surface area contributed by atoms with Crippen LogP contribution in [0.1, 0.15) is 6.92 Å². The first-order valence-corrected chi connectivity index (χ1v) is 6.22. The van der Waals surface area contributed by atoms with Gasteiger partial charge in [0.2, 0.25) is 0 Å². The molecule has 0 aliphatic heterocycles. The molecule has 0 bridgehead atoms. The standard InChI is InChI=1S/C10H8BrClOS/c1-2-13-7-5-3-4-6-8(11)10(12)14-9(6)7/h3-5H,2H2,1H3. The summed E-state index contributed by atoms with van der Waals surface area (Å²) in [4.78, 5) is 0. The normalized spacial score (nSPS) is 10.8. The molecule has 0 fully saturated rings. The van der Waals surface area contributed by atoms with Gasteiger partial charge in [-0.3, -0.25) is 0 Å². The van der Waals surface area contributed by atoms with E-state index in [1.165, 1.54) is 11.3 Å². The number of hydrogen-bond acceptors (Lipinski definition) is 2. The summed E-state index contributed by atoms with van der Waals surface area (Å²) in [5, 5.41) is 1.12. The van der Waals surface area contributed by atoms with Gasteiger partial charge in [-0.05, 0) is 28.9 Å².